The van der Waals surface area contributed by atoms with Gasteiger partial charge in [-0.25, -0.2) is 0 Å². The topological polar surface area (TPSA) is 93.9 Å². The summed E-state index contributed by atoms with van der Waals surface area (Å²) in [5.41, 5.74) is 0.803. The number of nitrogens with zero attached hydrogens (tertiary/aromatic N) is 5. The van der Waals surface area contributed by atoms with E-state index in [9.17, 15) is 4.79 Å². The number of methoxy groups -OCH3 is 1. The van der Waals surface area contributed by atoms with Crippen LogP contribution in [0.5, 0.6) is 0 Å². The van der Waals surface area contributed by atoms with Crippen molar-refractivity contribution in [3.8, 4) is 0 Å². The number of rotatable bonds is 7. The third-order valence-electron chi connectivity index (χ3n) is 5.91. The van der Waals surface area contributed by atoms with E-state index in [0.717, 1.165) is 51.5 Å². The molecule has 2 saturated heterocycles. The average molecular weight is 388 g/mol. The Morgan fingerprint density at radius 1 is 1.25 bits per heavy atom. The van der Waals surface area contributed by atoms with Gasteiger partial charge in [-0.05, 0) is 50.9 Å². The van der Waals surface area contributed by atoms with E-state index in [4.69, 9.17) is 9.47 Å². The molecule has 1 N–H and O–H groups in total. The van der Waals surface area contributed by atoms with Crippen LogP contribution in [-0.4, -0.2) is 76.2 Å². The molecule has 0 aliphatic carbocycles. The van der Waals surface area contributed by atoms with Crippen LogP contribution in [0.1, 0.15) is 37.9 Å². The summed E-state index contributed by atoms with van der Waals surface area (Å²) in [5.74, 6) is 1.18. The smallest absolute Gasteiger partial charge is 0.305 e. The molecule has 2 aliphatic heterocycles. The first-order chi connectivity index (χ1) is 13.7. The van der Waals surface area contributed by atoms with Crippen LogP contribution < -0.4 is 5.32 Å². The number of hydrogen-bond acceptors (Lipinski definition) is 8. The molecule has 9 nitrogen and oxygen atoms in total. The molecule has 2 aliphatic rings. The van der Waals surface area contributed by atoms with Crippen LogP contribution in [0.25, 0.3) is 5.65 Å². The second-order valence-corrected chi connectivity index (χ2v) is 7.57. The summed E-state index contributed by atoms with van der Waals surface area (Å²) in [6.45, 7) is 4.80. The van der Waals surface area contributed by atoms with Crippen molar-refractivity contribution in [2.24, 2.45) is 0 Å². The second kappa shape index (κ2) is 8.40. The summed E-state index contributed by atoms with van der Waals surface area (Å²) in [7, 11) is 1.39. The SMILES string of the molecule is COC(=O)CCc1nnc2ccc(NCC3(N4CCCC4)CCOCC3)nn12. The standard InChI is InChI=1S/C19H28N6O3/c1-27-18(26)7-6-17-22-21-16-5-4-15(23-25(16)17)20-14-19(8-12-28-13-9-19)24-10-2-3-11-24/h4-5H,2-3,6-14H2,1H3,(H,20,23). The number of carbonyl (C=O) groups excluding carboxylic acids is 1. The number of hydrogen-bond donors (Lipinski definition) is 1. The van der Waals surface area contributed by atoms with Crippen LogP contribution in [0, 0.1) is 0 Å². The van der Waals surface area contributed by atoms with Crippen molar-refractivity contribution in [3.05, 3.63) is 18.0 Å². The Labute approximate surface area is 164 Å². The fourth-order valence-corrected chi connectivity index (χ4v) is 4.20. The summed E-state index contributed by atoms with van der Waals surface area (Å²) < 4.78 is 12.0. The molecule has 2 aromatic heterocycles. The van der Waals surface area contributed by atoms with Crippen molar-refractivity contribution in [2.75, 3.05) is 45.3 Å². The van der Waals surface area contributed by atoms with Gasteiger partial charge in [0.25, 0.3) is 0 Å². The lowest BCUT2D eigenvalue weighted by Crippen LogP contribution is -2.55. The van der Waals surface area contributed by atoms with Crippen molar-refractivity contribution in [2.45, 2.75) is 44.1 Å². The van der Waals surface area contributed by atoms with Gasteiger partial charge in [0.1, 0.15) is 5.82 Å². The van der Waals surface area contributed by atoms with Crippen LogP contribution in [-0.2, 0) is 20.7 Å². The molecule has 0 amide bonds. The fraction of sp³-hybridized carbons (Fsp3) is 0.684. The van der Waals surface area contributed by atoms with Crippen molar-refractivity contribution in [1.29, 1.82) is 0 Å². The van der Waals surface area contributed by atoms with Crippen LogP contribution in [0.4, 0.5) is 5.82 Å². The maximum absolute atomic E-state index is 11.4. The minimum atomic E-state index is -0.266. The van der Waals surface area contributed by atoms with Crippen LogP contribution >= 0.6 is 0 Å². The number of esters is 1. The number of nitrogens with one attached hydrogen (secondary N) is 1. The lowest BCUT2D eigenvalue weighted by atomic mass is 9.88. The molecule has 0 radical (unpaired) electrons. The summed E-state index contributed by atoms with van der Waals surface area (Å²) in [6, 6.07) is 3.83. The van der Waals surface area contributed by atoms with E-state index in [1.54, 1.807) is 4.52 Å². The minimum absolute atomic E-state index is 0.131. The quantitative estimate of drug-likeness (QED) is 0.709. The molecule has 0 atom stereocenters. The van der Waals surface area contributed by atoms with Gasteiger partial charge in [0.05, 0.1) is 13.5 Å². The molecule has 0 aromatic carbocycles. The first-order valence-electron chi connectivity index (χ1n) is 10.0. The Bertz CT molecular complexity index is 811. The Hall–Kier alpha value is -2.26. The number of aromatic nitrogens is 4. The van der Waals surface area contributed by atoms with Gasteiger partial charge in [0.2, 0.25) is 0 Å². The van der Waals surface area contributed by atoms with Gasteiger partial charge in [-0.2, -0.15) is 4.52 Å². The summed E-state index contributed by atoms with van der Waals surface area (Å²) >= 11 is 0. The van der Waals surface area contributed by atoms with Gasteiger partial charge in [0.15, 0.2) is 11.5 Å². The highest BCUT2D eigenvalue weighted by atomic mass is 16.5. The molecule has 4 rings (SSSR count). The predicted octanol–water partition coefficient (Wildman–Crippen LogP) is 1.29. The molecule has 4 heterocycles. The lowest BCUT2D eigenvalue weighted by Gasteiger charge is -2.44. The number of aryl methyl sites for hydroxylation is 1. The van der Waals surface area contributed by atoms with Crippen molar-refractivity contribution in [1.82, 2.24) is 24.7 Å². The zero-order valence-electron chi connectivity index (χ0n) is 16.4. The molecule has 9 heteroatoms. The van der Waals surface area contributed by atoms with Gasteiger partial charge in [-0.1, -0.05) is 0 Å². The fourth-order valence-electron chi connectivity index (χ4n) is 4.20. The summed E-state index contributed by atoms with van der Waals surface area (Å²) in [4.78, 5) is 14.0. The molecule has 28 heavy (non-hydrogen) atoms. The largest absolute Gasteiger partial charge is 0.469 e. The van der Waals surface area contributed by atoms with Gasteiger partial charge in [-0.3, -0.25) is 9.69 Å². The highest BCUT2D eigenvalue weighted by Gasteiger charge is 2.39. The monoisotopic (exact) mass is 388 g/mol. The van der Waals surface area contributed by atoms with Crippen molar-refractivity contribution >= 4 is 17.4 Å². The Morgan fingerprint density at radius 2 is 2.04 bits per heavy atom. The number of carbonyl (C=O) groups is 1. The molecule has 152 valence electrons. The van der Waals surface area contributed by atoms with Crippen molar-refractivity contribution in [3.63, 3.8) is 0 Å². The number of fused-ring (bicyclic) bond motifs is 1. The van der Waals surface area contributed by atoms with Gasteiger partial charge < -0.3 is 14.8 Å². The highest BCUT2D eigenvalue weighted by Crippen LogP contribution is 2.31. The second-order valence-electron chi connectivity index (χ2n) is 7.57. The number of likely N-dealkylation sites (tertiary alicyclic amines) is 1. The molecule has 0 unspecified atom stereocenters. The Kier molecular flexibility index (Phi) is 5.72. The predicted molar refractivity (Wildman–Crippen MR) is 103 cm³/mol. The van der Waals surface area contributed by atoms with E-state index in [-0.39, 0.29) is 17.9 Å². The third kappa shape index (κ3) is 3.95. The molecule has 0 bridgehead atoms. The molecule has 2 aromatic rings. The normalized spacial score (nSPS) is 19.8. The first-order valence-corrected chi connectivity index (χ1v) is 10.0. The minimum Gasteiger partial charge on any atom is -0.469 e. The molecular formula is C19H28N6O3. The molecule has 0 saturated carbocycles. The zero-order chi connectivity index (χ0) is 19.4. The van der Waals surface area contributed by atoms with Gasteiger partial charge in [-0.15, -0.1) is 15.3 Å². The summed E-state index contributed by atoms with van der Waals surface area (Å²) in [5, 5.41) is 16.5. The number of ether oxygens (including phenoxy) is 2. The molecule has 2 fully saturated rings. The van der Waals surface area contributed by atoms with Crippen LogP contribution in [0.15, 0.2) is 12.1 Å². The third-order valence-corrected chi connectivity index (χ3v) is 5.91. The van der Waals surface area contributed by atoms with Gasteiger partial charge in [0, 0.05) is 31.7 Å². The van der Waals surface area contributed by atoms with Gasteiger partial charge >= 0.3 is 5.97 Å². The highest BCUT2D eigenvalue weighted by molar-refractivity contribution is 5.69. The number of anilines is 1. The van der Waals surface area contributed by atoms with Crippen LogP contribution in [0.3, 0.4) is 0 Å². The van der Waals surface area contributed by atoms with Crippen LogP contribution in [0.2, 0.25) is 0 Å². The maximum atomic E-state index is 11.4. The average Bonchev–Trinajstić information content (AvgIpc) is 3.41. The summed E-state index contributed by atoms with van der Waals surface area (Å²) in [6.07, 6.45) is 5.33. The van der Waals surface area contributed by atoms with E-state index >= 15 is 0 Å². The van der Waals surface area contributed by atoms with E-state index in [2.05, 4.69) is 25.5 Å². The Morgan fingerprint density at radius 3 is 2.79 bits per heavy atom. The van der Waals surface area contributed by atoms with E-state index in [0.29, 0.717) is 17.9 Å². The lowest BCUT2D eigenvalue weighted by molar-refractivity contribution is -0.140. The Balaban J connectivity index is 1.48. The van der Waals surface area contributed by atoms with Crippen molar-refractivity contribution < 1.29 is 14.3 Å². The first kappa shape index (κ1) is 19.1. The van der Waals surface area contributed by atoms with E-state index < -0.39 is 0 Å². The molecular weight excluding hydrogens is 360 g/mol. The van der Waals surface area contributed by atoms with E-state index in [1.165, 1.54) is 20.0 Å². The van der Waals surface area contributed by atoms with E-state index in [1.807, 2.05) is 12.1 Å². The maximum Gasteiger partial charge on any atom is 0.305 e. The zero-order valence-corrected chi connectivity index (χ0v) is 16.4. The molecule has 0 spiro atoms.